The molecule has 1 rings (SSSR count). The lowest BCUT2D eigenvalue weighted by Crippen LogP contribution is -2.08. The SMILES string of the molecule is CCC(C)C(CC)c1ccc(C)c(F)c1. The standard InChI is InChI=1S/C14H21F/c1-5-10(3)13(6-2)12-8-7-11(4)14(15)9-12/h7-10,13H,5-6H2,1-4H3. The first kappa shape index (κ1) is 12.2. The number of hydrogen-bond donors (Lipinski definition) is 0. The molecule has 15 heavy (non-hydrogen) atoms. The Morgan fingerprint density at radius 1 is 1.20 bits per heavy atom. The number of halogens is 1. The Morgan fingerprint density at radius 3 is 2.33 bits per heavy atom. The summed E-state index contributed by atoms with van der Waals surface area (Å²) < 4.78 is 13.4. The van der Waals surface area contributed by atoms with Crippen LogP contribution in [0.5, 0.6) is 0 Å². The first-order chi connectivity index (χ1) is 7.10. The van der Waals surface area contributed by atoms with Crippen molar-refractivity contribution in [3.8, 4) is 0 Å². The largest absolute Gasteiger partial charge is 0.207 e. The molecule has 0 saturated heterocycles. The number of benzene rings is 1. The maximum atomic E-state index is 13.4. The highest BCUT2D eigenvalue weighted by Crippen LogP contribution is 2.30. The van der Waals surface area contributed by atoms with Crippen molar-refractivity contribution in [2.24, 2.45) is 5.92 Å². The van der Waals surface area contributed by atoms with Crippen molar-refractivity contribution in [2.75, 3.05) is 0 Å². The van der Waals surface area contributed by atoms with E-state index in [1.165, 1.54) is 0 Å². The molecule has 0 fully saturated rings. The molecule has 0 aliphatic heterocycles. The molecule has 0 spiro atoms. The minimum absolute atomic E-state index is 0.0748. The third-order valence-electron chi connectivity index (χ3n) is 3.39. The molecular weight excluding hydrogens is 187 g/mol. The number of rotatable bonds is 4. The Labute approximate surface area is 92.5 Å². The summed E-state index contributed by atoms with van der Waals surface area (Å²) in [4.78, 5) is 0. The summed E-state index contributed by atoms with van der Waals surface area (Å²) in [6.45, 7) is 8.42. The predicted molar refractivity (Wildman–Crippen MR) is 63.6 cm³/mol. The van der Waals surface area contributed by atoms with E-state index in [0.717, 1.165) is 24.0 Å². The van der Waals surface area contributed by atoms with E-state index in [-0.39, 0.29) is 5.82 Å². The van der Waals surface area contributed by atoms with Crippen molar-refractivity contribution >= 4 is 0 Å². The van der Waals surface area contributed by atoms with Crippen LogP contribution in [-0.4, -0.2) is 0 Å². The van der Waals surface area contributed by atoms with E-state index in [1.807, 2.05) is 13.0 Å². The molecule has 0 aliphatic carbocycles. The summed E-state index contributed by atoms with van der Waals surface area (Å²) in [7, 11) is 0. The van der Waals surface area contributed by atoms with Gasteiger partial charge < -0.3 is 0 Å². The zero-order valence-corrected chi connectivity index (χ0v) is 10.2. The van der Waals surface area contributed by atoms with Crippen molar-refractivity contribution < 1.29 is 4.39 Å². The van der Waals surface area contributed by atoms with Crippen LogP contribution in [-0.2, 0) is 0 Å². The van der Waals surface area contributed by atoms with Gasteiger partial charge in [0.2, 0.25) is 0 Å². The van der Waals surface area contributed by atoms with Crippen molar-refractivity contribution in [1.82, 2.24) is 0 Å². The highest BCUT2D eigenvalue weighted by Gasteiger charge is 2.16. The van der Waals surface area contributed by atoms with E-state index >= 15 is 0 Å². The summed E-state index contributed by atoms with van der Waals surface area (Å²) in [6, 6.07) is 5.66. The fraction of sp³-hybridized carbons (Fsp3) is 0.571. The molecule has 1 aromatic rings. The fourth-order valence-corrected chi connectivity index (χ4v) is 2.09. The normalized spacial score (nSPS) is 15.0. The molecule has 0 aromatic heterocycles. The molecule has 1 heteroatoms. The first-order valence-electron chi connectivity index (χ1n) is 5.86. The second kappa shape index (κ2) is 5.29. The lowest BCUT2D eigenvalue weighted by atomic mass is 9.83. The average molecular weight is 208 g/mol. The molecule has 0 nitrogen and oxygen atoms in total. The van der Waals surface area contributed by atoms with Crippen LogP contribution in [0.15, 0.2) is 18.2 Å². The monoisotopic (exact) mass is 208 g/mol. The third-order valence-corrected chi connectivity index (χ3v) is 3.39. The lowest BCUT2D eigenvalue weighted by Gasteiger charge is -2.22. The number of aryl methyl sites for hydroxylation is 1. The summed E-state index contributed by atoms with van der Waals surface area (Å²) >= 11 is 0. The molecular formula is C14H21F. The predicted octanol–water partition coefficient (Wildman–Crippen LogP) is 4.67. The van der Waals surface area contributed by atoms with E-state index in [9.17, 15) is 4.39 Å². The van der Waals surface area contributed by atoms with Crippen LogP contribution >= 0.6 is 0 Å². The molecule has 84 valence electrons. The average Bonchev–Trinajstić information content (AvgIpc) is 2.24. The Hall–Kier alpha value is -0.850. The summed E-state index contributed by atoms with van der Waals surface area (Å²) in [5, 5.41) is 0. The molecule has 0 aliphatic rings. The Kier molecular flexibility index (Phi) is 4.31. The van der Waals surface area contributed by atoms with Gasteiger partial charge in [-0.3, -0.25) is 0 Å². The highest BCUT2D eigenvalue weighted by molar-refractivity contribution is 5.26. The molecule has 0 radical (unpaired) electrons. The Bertz CT molecular complexity index is 317. The molecule has 1 aromatic carbocycles. The van der Waals surface area contributed by atoms with Gasteiger partial charge in [0.15, 0.2) is 0 Å². The van der Waals surface area contributed by atoms with Crippen LogP contribution in [0.3, 0.4) is 0 Å². The Morgan fingerprint density at radius 2 is 1.87 bits per heavy atom. The summed E-state index contributed by atoms with van der Waals surface area (Å²) in [5.74, 6) is 1.04. The highest BCUT2D eigenvalue weighted by atomic mass is 19.1. The van der Waals surface area contributed by atoms with Gasteiger partial charge in [0.25, 0.3) is 0 Å². The van der Waals surface area contributed by atoms with Crippen molar-refractivity contribution in [1.29, 1.82) is 0 Å². The van der Waals surface area contributed by atoms with Crippen molar-refractivity contribution in [3.05, 3.63) is 35.1 Å². The van der Waals surface area contributed by atoms with Crippen LogP contribution in [0.4, 0.5) is 4.39 Å². The van der Waals surface area contributed by atoms with Crippen LogP contribution in [0.2, 0.25) is 0 Å². The van der Waals surface area contributed by atoms with Crippen molar-refractivity contribution in [2.45, 2.75) is 46.5 Å². The second-order valence-electron chi connectivity index (χ2n) is 4.41. The first-order valence-corrected chi connectivity index (χ1v) is 5.86. The van der Waals surface area contributed by atoms with E-state index in [2.05, 4.69) is 26.8 Å². The van der Waals surface area contributed by atoms with E-state index < -0.39 is 0 Å². The molecule has 0 amide bonds. The maximum absolute atomic E-state index is 13.4. The van der Waals surface area contributed by atoms with Gasteiger partial charge in [0.05, 0.1) is 0 Å². The number of hydrogen-bond acceptors (Lipinski definition) is 0. The van der Waals surface area contributed by atoms with Gasteiger partial charge >= 0.3 is 0 Å². The quantitative estimate of drug-likeness (QED) is 0.674. The van der Waals surface area contributed by atoms with Gasteiger partial charge in [-0.25, -0.2) is 4.39 Å². The zero-order valence-electron chi connectivity index (χ0n) is 10.2. The maximum Gasteiger partial charge on any atom is 0.126 e. The Balaban J connectivity index is 2.97. The van der Waals surface area contributed by atoms with Crippen molar-refractivity contribution in [3.63, 3.8) is 0 Å². The minimum atomic E-state index is -0.0748. The van der Waals surface area contributed by atoms with E-state index in [4.69, 9.17) is 0 Å². The van der Waals surface area contributed by atoms with Gasteiger partial charge in [-0.15, -0.1) is 0 Å². The van der Waals surface area contributed by atoms with Gasteiger partial charge in [0.1, 0.15) is 5.82 Å². The molecule has 0 heterocycles. The van der Waals surface area contributed by atoms with Gasteiger partial charge in [0, 0.05) is 0 Å². The van der Waals surface area contributed by atoms with E-state index in [0.29, 0.717) is 11.8 Å². The second-order valence-corrected chi connectivity index (χ2v) is 4.41. The van der Waals surface area contributed by atoms with Crippen LogP contribution in [0.1, 0.15) is 50.7 Å². The van der Waals surface area contributed by atoms with Gasteiger partial charge in [-0.2, -0.15) is 0 Å². The smallest absolute Gasteiger partial charge is 0.126 e. The van der Waals surface area contributed by atoms with Crippen LogP contribution in [0, 0.1) is 18.7 Å². The molecule has 2 unspecified atom stereocenters. The van der Waals surface area contributed by atoms with Crippen LogP contribution < -0.4 is 0 Å². The zero-order chi connectivity index (χ0) is 11.4. The third kappa shape index (κ3) is 2.80. The fourth-order valence-electron chi connectivity index (χ4n) is 2.09. The molecule has 0 bridgehead atoms. The minimum Gasteiger partial charge on any atom is -0.207 e. The molecule has 0 saturated carbocycles. The van der Waals surface area contributed by atoms with Crippen LogP contribution in [0.25, 0.3) is 0 Å². The summed E-state index contributed by atoms with van der Waals surface area (Å²) in [6.07, 6.45) is 2.23. The van der Waals surface area contributed by atoms with Gasteiger partial charge in [-0.1, -0.05) is 39.3 Å². The van der Waals surface area contributed by atoms with Gasteiger partial charge in [-0.05, 0) is 42.4 Å². The van der Waals surface area contributed by atoms with E-state index in [1.54, 1.807) is 6.07 Å². The molecule has 0 N–H and O–H groups in total. The lowest BCUT2D eigenvalue weighted by molar-refractivity contribution is 0.433. The molecule has 2 atom stereocenters. The summed E-state index contributed by atoms with van der Waals surface area (Å²) in [5.41, 5.74) is 1.88. The topological polar surface area (TPSA) is 0 Å².